The van der Waals surface area contributed by atoms with Gasteiger partial charge in [-0.05, 0) is 40.2 Å². The van der Waals surface area contributed by atoms with Gasteiger partial charge < -0.3 is 9.84 Å². The molecule has 4 nitrogen and oxygen atoms in total. The zero-order chi connectivity index (χ0) is 12.6. The van der Waals surface area contributed by atoms with E-state index in [1.165, 1.54) is 0 Å². The predicted octanol–water partition coefficient (Wildman–Crippen LogP) is 2.41. The summed E-state index contributed by atoms with van der Waals surface area (Å²) in [6.45, 7) is 8.20. The molecule has 1 unspecified atom stereocenters. The highest BCUT2D eigenvalue weighted by Gasteiger charge is 2.12. The molecule has 0 aromatic rings. The van der Waals surface area contributed by atoms with E-state index in [0.29, 0.717) is 6.04 Å². The van der Waals surface area contributed by atoms with Gasteiger partial charge in [-0.2, -0.15) is 0 Å². The van der Waals surface area contributed by atoms with Gasteiger partial charge in [0, 0.05) is 26.1 Å². The largest absolute Gasteiger partial charge is 0.481 e. The number of carboxylic acids is 1. The average molecular weight is 268 g/mol. The summed E-state index contributed by atoms with van der Waals surface area (Å²) in [5.41, 5.74) is 0. The van der Waals surface area contributed by atoms with Crippen molar-refractivity contribution in [3.63, 3.8) is 0 Å². The fourth-order valence-electron chi connectivity index (χ4n) is 1.56. The number of methoxy groups -OCH3 is 1. The number of ether oxygens (including phenoxy) is 1. The number of rotatable bonds is 9. The third-order valence-corrected chi connectivity index (χ3v) is 2.71. The SMILES string of the molecule is COC(C)CN(CCCCC(=O)O)C(C)C.Cl. The minimum Gasteiger partial charge on any atom is -0.481 e. The second kappa shape index (κ2) is 10.8. The summed E-state index contributed by atoms with van der Waals surface area (Å²) >= 11 is 0. The number of nitrogens with zero attached hydrogens (tertiary/aromatic N) is 1. The lowest BCUT2D eigenvalue weighted by molar-refractivity contribution is -0.137. The van der Waals surface area contributed by atoms with Crippen molar-refractivity contribution in [2.75, 3.05) is 20.2 Å². The normalized spacial score (nSPS) is 12.6. The van der Waals surface area contributed by atoms with Gasteiger partial charge in [-0.3, -0.25) is 9.69 Å². The number of hydrogen-bond acceptors (Lipinski definition) is 3. The molecule has 0 spiro atoms. The first-order valence-electron chi connectivity index (χ1n) is 5.96. The van der Waals surface area contributed by atoms with Crippen molar-refractivity contribution in [2.24, 2.45) is 0 Å². The molecule has 0 aliphatic heterocycles. The maximum Gasteiger partial charge on any atom is 0.303 e. The van der Waals surface area contributed by atoms with Gasteiger partial charge in [-0.1, -0.05) is 0 Å². The van der Waals surface area contributed by atoms with Crippen LogP contribution in [0.1, 0.15) is 40.0 Å². The van der Waals surface area contributed by atoms with Crippen LogP contribution in [0.3, 0.4) is 0 Å². The van der Waals surface area contributed by atoms with Crippen LogP contribution in [-0.4, -0.2) is 48.3 Å². The van der Waals surface area contributed by atoms with Gasteiger partial charge in [-0.25, -0.2) is 0 Å². The second-order valence-electron chi connectivity index (χ2n) is 4.49. The first kappa shape index (κ1) is 19.0. The highest BCUT2D eigenvalue weighted by molar-refractivity contribution is 5.85. The Bertz CT molecular complexity index is 200. The number of halogens is 1. The Morgan fingerprint density at radius 3 is 2.29 bits per heavy atom. The van der Waals surface area contributed by atoms with Crippen LogP contribution in [0.15, 0.2) is 0 Å². The fraction of sp³-hybridized carbons (Fsp3) is 0.917. The molecule has 1 N–H and O–H groups in total. The minimum absolute atomic E-state index is 0. The van der Waals surface area contributed by atoms with Crippen LogP contribution in [0.4, 0.5) is 0 Å². The van der Waals surface area contributed by atoms with E-state index in [9.17, 15) is 4.79 Å². The molecule has 0 saturated heterocycles. The highest BCUT2D eigenvalue weighted by Crippen LogP contribution is 2.05. The third kappa shape index (κ3) is 10.5. The molecular formula is C12H26ClNO3. The monoisotopic (exact) mass is 267 g/mol. The third-order valence-electron chi connectivity index (χ3n) is 2.71. The lowest BCUT2D eigenvalue weighted by Crippen LogP contribution is -2.37. The fourth-order valence-corrected chi connectivity index (χ4v) is 1.56. The zero-order valence-corrected chi connectivity index (χ0v) is 12.1. The zero-order valence-electron chi connectivity index (χ0n) is 11.3. The van der Waals surface area contributed by atoms with Gasteiger partial charge in [-0.15, -0.1) is 12.4 Å². The number of hydrogen-bond donors (Lipinski definition) is 1. The molecule has 0 rings (SSSR count). The Kier molecular flexibility index (Phi) is 12.1. The maximum atomic E-state index is 10.4. The number of aliphatic carboxylic acids is 1. The first-order valence-corrected chi connectivity index (χ1v) is 5.96. The van der Waals surface area contributed by atoms with Gasteiger partial charge in [0.2, 0.25) is 0 Å². The van der Waals surface area contributed by atoms with E-state index in [0.717, 1.165) is 25.9 Å². The van der Waals surface area contributed by atoms with Crippen LogP contribution in [-0.2, 0) is 9.53 Å². The van der Waals surface area contributed by atoms with Crippen molar-refractivity contribution in [3.05, 3.63) is 0 Å². The summed E-state index contributed by atoms with van der Waals surface area (Å²) in [6.07, 6.45) is 2.17. The molecule has 1 atom stereocenters. The summed E-state index contributed by atoms with van der Waals surface area (Å²) in [5, 5.41) is 8.54. The van der Waals surface area contributed by atoms with E-state index in [2.05, 4.69) is 18.7 Å². The van der Waals surface area contributed by atoms with Crippen LogP contribution >= 0.6 is 12.4 Å². The molecule has 0 aromatic carbocycles. The molecular weight excluding hydrogens is 242 g/mol. The lowest BCUT2D eigenvalue weighted by Gasteiger charge is -2.28. The molecule has 0 saturated carbocycles. The summed E-state index contributed by atoms with van der Waals surface area (Å²) in [4.78, 5) is 12.7. The van der Waals surface area contributed by atoms with Crippen molar-refractivity contribution in [1.82, 2.24) is 4.90 Å². The summed E-state index contributed by atoms with van der Waals surface area (Å²) < 4.78 is 5.24. The molecule has 104 valence electrons. The molecule has 0 radical (unpaired) electrons. The highest BCUT2D eigenvalue weighted by atomic mass is 35.5. The van der Waals surface area contributed by atoms with Crippen LogP contribution in [0.25, 0.3) is 0 Å². The molecule has 0 heterocycles. The number of carbonyl (C=O) groups is 1. The molecule has 0 aliphatic carbocycles. The van der Waals surface area contributed by atoms with Gasteiger partial charge >= 0.3 is 5.97 Å². The Hall–Kier alpha value is -0.320. The summed E-state index contributed by atoms with van der Waals surface area (Å²) in [5.74, 6) is -0.707. The molecule has 5 heteroatoms. The summed E-state index contributed by atoms with van der Waals surface area (Å²) in [7, 11) is 1.72. The average Bonchev–Trinajstić information content (AvgIpc) is 2.21. The Labute approximate surface area is 111 Å². The second-order valence-corrected chi connectivity index (χ2v) is 4.49. The molecule has 0 fully saturated rings. The predicted molar refractivity (Wildman–Crippen MR) is 71.9 cm³/mol. The van der Waals surface area contributed by atoms with Gasteiger partial charge in [0.15, 0.2) is 0 Å². The van der Waals surface area contributed by atoms with E-state index in [1.807, 2.05) is 6.92 Å². The smallest absolute Gasteiger partial charge is 0.303 e. The van der Waals surface area contributed by atoms with E-state index in [1.54, 1.807) is 7.11 Å². The van der Waals surface area contributed by atoms with E-state index in [-0.39, 0.29) is 24.9 Å². The standard InChI is InChI=1S/C12H25NO3.ClH/c1-10(2)13(9-11(3)16-4)8-6-5-7-12(14)15;/h10-11H,5-9H2,1-4H3,(H,14,15);1H. The van der Waals surface area contributed by atoms with E-state index in [4.69, 9.17) is 9.84 Å². The van der Waals surface area contributed by atoms with Crippen molar-refractivity contribution in [2.45, 2.75) is 52.2 Å². The molecule has 17 heavy (non-hydrogen) atoms. The minimum atomic E-state index is -0.707. The first-order chi connectivity index (χ1) is 7.47. The lowest BCUT2D eigenvalue weighted by atomic mass is 10.2. The van der Waals surface area contributed by atoms with Crippen molar-refractivity contribution in [1.29, 1.82) is 0 Å². The summed E-state index contributed by atoms with van der Waals surface area (Å²) in [6, 6.07) is 0.474. The van der Waals surface area contributed by atoms with Crippen molar-refractivity contribution in [3.8, 4) is 0 Å². The molecule has 0 aromatic heterocycles. The Morgan fingerprint density at radius 1 is 1.29 bits per heavy atom. The van der Waals surface area contributed by atoms with Crippen LogP contribution < -0.4 is 0 Å². The van der Waals surface area contributed by atoms with Gasteiger partial charge in [0.05, 0.1) is 6.10 Å². The molecule has 0 amide bonds. The van der Waals surface area contributed by atoms with E-state index < -0.39 is 5.97 Å². The van der Waals surface area contributed by atoms with Crippen molar-refractivity contribution >= 4 is 18.4 Å². The maximum absolute atomic E-state index is 10.4. The van der Waals surface area contributed by atoms with Gasteiger partial charge in [0.25, 0.3) is 0 Å². The van der Waals surface area contributed by atoms with E-state index >= 15 is 0 Å². The Balaban J connectivity index is 0. The quantitative estimate of drug-likeness (QED) is 0.652. The Morgan fingerprint density at radius 2 is 1.88 bits per heavy atom. The molecule has 0 bridgehead atoms. The van der Waals surface area contributed by atoms with Crippen LogP contribution in [0, 0.1) is 0 Å². The van der Waals surface area contributed by atoms with Crippen LogP contribution in [0.2, 0.25) is 0 Å². The van der Waals surface area contributed by atoms with Crippen molar-refractivity contribution < 1.29 is 14.6 Å². The van der Waals surface area contributed by atoms with Gasteiger partial charge in [0.1, 0.15) is 0 Å². The number of carboxylic acid groups (broad SMARTS) is 1. The molecule has 0 aliphatic rings. The van der Waals surface area contributed by atoms with Crippen LogP contribution in [0.5, 0.6) is 0 Å². The number of unbranched alkanes of at least 4 members (excludes halogenated alkanes) is 1. The topological polar surface area (TPSA) is 49.8 Å².